The molecule has 218 valence electrons. The van der Waals surface area contributed by atoms with E-state index in [0.717, 1.165) is 35.9 Å². The first-order valence-electron chi connectivity index (χ1n) is 15.1. The SMILES string of the molecule is CCCCCCCCCCC/C(=N\OC(C)=O)C(=O)c1cn(-c2ccc(C(=O)c3ccccc3)cc2)c2ccccc12. The third kappa shape index (κ3) is 8.12. The van der Waals surface area contributed by atoms with E-state index < -0.39 is 5.97 Å². The van der Waals surface area contributed by atoms with Gasteiger partial charge in [-0.15, -0.1) is 0 Å². The van der Waals surface area contributed by atoms with Crippen molar-refractivity contribution in [1.82, 2.24) is 4.57 Å². The van der Waals surface area contributed by atoms with E-state index in [1.807, 2.05) is 59.2 Å². The molecule has 0 aliphatic carbocycles. The fourth-order valence-corrected chi connectivity index (χ4v) is 5.18. The quantitative estimate of drug-likeness (QED) is 0.0448. The lowest BCUT2D eigenvalue weighted by Crippen LogP contribution is -2.15. The summed E-state index contributed by atoms with van der Waals surface area (Å²) in [4.78, 5) is 43.2. The second-order valence-corrected chi connectivity index (χ2v) is 10.7. The zero-order chi connectivity index (χ0) is 29.7. The van der Waals surface area contributed by atoms with Gasteiger partial charge in [0.25, 0.3) is 0 Å². The maximum Gasteiger partial charge on any atom is 0.331 e. The van der Waals surface area contributed by atoms with Crippen LogP contribution in [0.2, 0.25) is 0 Å². The second-order valence-electron chi connectivity index (χ2n) is 10.7. The number of benzene rings is 3. The van der Waals surface area contributed by atoms with Gasteiger partial charge in [0.15, 0.2) is 5.78 Å². The monoisotopic (exact) mass is 564 g/mol. The highest BCUT2D eigenvalue weighted by atomic mass is 16.7. The third-order valence-electron chi connectivity index (χ3n) is 7.46. The molecule has 0 saturated carbocycles. The predicted molar refractivity (Wildman–Crippen MR) is 169 cm³/mol. The summed E-state index contributed by atoms with van der Waals surface area (Å²) in [7, 11) is 0. The van der Waals surface area contributed by atoms with Crippen LogP contribution in [0.5, 0.6) is 0 Å². The number of aromatic nitrogens is 1. The van der Waals surface area contributed by atoms with E-state index in [0.29, 0.717) is 23.1 Å². The average molecular weight is 565 g/mol. The number of nitrogens with zero attached hydrogens (tertiary/aromatic N) is 2. The van der Waals surface area contributed by atoms with E-state index in [1.165, 1.54) is 45.4 Å². The fourth-order valence-electron chi connectivity index (χ4n) is 5.18. The van der Waals surface area contributed by atoms with Gasteiger partial charge in [0.2, 0.25) is 5.78 Å². The third-order valence-corrected chi connectivity index (χ3v) is 7.46. The molecule has 0 radical (unpaired) electrons. The van der Waals surface area contributed by atoms with E-state index in [4.69, 9.17) is 4.84 Å². The summed E-state index contributed by atoms with van der Waals surface area (Å²) >= 11 is 0. The lowest BCUT2D eigenvalue weighted by Gasteiger charge is -2.07. The normalized spacial score (nSPS) is 11.5. The standard InChI is InChI=1S/C36H40N2O4/c1-3-4-5-6-7-8-9-10-14-20-33(37-42-27(2)39)36(41)32-26-38(34-21-16-15-19-31(32)34)30-24-22-29(23-25-30)35(40)28-17-12-11-13-18-28/h11-13,15-19,21-26H,3-10,14,20H2,1-2H3/b37-33+. The molecule has 6 heteroatoms. The molecular formula is C36H40N2O4. The Morgan fingerprint density at radius 1 is 0.714 bits per heavy atom. The van der Waals surface area contributed by atoms with Crippen molar-refractivity contribution in [3.63, 3.8) is 0 Å². The molecule has 4 aromatic rings. The molecule has 0 fully saturated rings. The zero-order valence-corrected chi connectivity index (χ0v) is 24.7. The number of fused-ring (bicyclic) bond motifs is 1. The summed E-state index contributed by atoms with van der Waals surface area (Å²) in [6.07, 6.45) is 12.7. The lowest BCUT2D eigenvalue weighted by molar-refractivity contribution is -0.140. The highest BCUT2D eigenvalue weighted by Crippen LogP contribution is 2.27. The maximum atomic E-state index is 13.8. The number of ketones is 2. The minimum absolute atomic E-state index is 0.0433. The highest BCUT2D eigenvalue weighted by Gasteiger charge is 2.21. The van der Waals surface area contributed by atoms with Crippen molar-refractivity contribution in [3.05, 3.63) is 102 Å². The predicted octanol–water partition coefficient (Wildman–Crippen LogP) is 8.88. The summed E-state index contributed by atoms with van der Waals surface area (Å²) in [5, 5.41) is 4.77. The van der Waals surface area contributed by atoms with E-state index in [2.05, 4.69) is 12.1 Å². The van der Waals surface area contributed by atoms with Gasteiger partial charge in [-0.25, -0.2) is 4.79 Å². The Kier molecular flexibility index (Phi) is 11.4. The molecule has 42 heavy (non-hydrogen) atoms. The smallest absolute Gasteiger partial charge is 0.318 e. The Morgan fingerprint density at radius 3 is 1.98 bits per heavy atom. The van der Waals surface area contributed by atoms with Crippen LogP contribution in [0.25, 0.3) is 16.6 Å². The Morgan fingerprint density at radius 2 is 1.31 bits per heavy atom. The van der Waals surface area contributed by atoms with Gasteiger partial charge in [0.05, 0.1) is 5.52 Å². The van der Waals surface area contributed by atoms with Crippen molar-refractivity contribution in [2.24, 2.45) is 5.16 Å². The van der Waals surface area contributed by atoms with Crippen LogP contribution in [-0.4, -0.2) is 27.8 Å². The number of hydrogen-bond donors (Lipinski definition) is 0. The lowest BCUT2D eigenvalue weighted by atomic mass is 10.0. The van der Waals surface area contributed by atoms with Crippen molar-refractivity contribution in [3.8, 4) is 5.69 Å². The van der Waals surface area contributed by atoms with Gasteiger partial charge in [-0.2, -0.15) is 0 Å². The molecule has 0 aliphatic rings. The molecule has 0 N–H and O–H groups in total. The van der Waals surface area contributed by atoms with E-state index >= 15 is 0 Å². The maximum absolute atomic E-state index is 13.8. The molecule has 0 bridgehead atoms. The Labute approximate surface area is 248 Å². The van der Waals surface area contributed by atoms with Gasteiger partial charge >= 0.3 is 5.97 Å². The summed E-state index contributed by atoms with van der Waals surface area (Å²) in [6.45, 7) is 3.50. The van der Waals surface area contributed by atoms with Gasteiger partial charge in [-0.3, -0.25) is 9.59 Å². The molecule has 1 heterocycles. The topological polar surface area (TPSA) is 77.7 Å². The summed E-state index contributed by atoms with van der Waals surface area (Å²) in [6, 6.07) is 24.2. The van der Waals surface area contributed by atoms with Crippen molar-refractivity contribution in [2.45, 2.75) is 78.1 Å². The zero-order valence-electron chi connectivity index (χ0n) is 24.7. The van der Waals surface area contributed by atoms with Crippen LogP contribution >= 0.6 is 0 Å². The van der Waals surface area contributed by atoms with Crippen molar-refractivity contribution >= 4 is 34.2 Å². The highest BCUT2D eigenvalue weighted by molar-refractivity contribution is 6.47. The minimum Gasteiger partial charge on any atom is -0.318 e. The molecule has 1 aromatic heterocycles. The van der Waals surface area contributed by atoms with Crippen LogP contribution in [0, 0.1) is 0 Å². The van der Waals surface area contributed by atoms with Gasteiger partial charge in [-0.05, 0) is 43.2 Å². The van der Waals surface area contributed by atoms with E-state index in [9.17, 15) is 14.4 Å². The number of unbranched alkanes of at least 4 members (excludes halogenated alkanes) is 8. The number of hydrogen-bond acceptors (Lipinski definition) is 5. The Balaban J connectivity index is 1.51. The van der Waals surface area contributed by atoms with Crippen LogP contribution in [0.15, 0.2) is 90.2 Å². The number of Topliss-reactive ketones (excluding diaryl/α,β-unsaturated/α-hetero) is 1. The molecular weight excluding hydrogens is 524 g/mol. The van der Waals surface area contributed by atoms with Crippen molar-refractivity contribution in [2.75, 3.05) is 0 Å². The molecule has 0 aliphatic heterocycles. The van der Waals surface area contributed by atoms with Gasteiger partial charge in [-0.1, -0.05) is 112 Å². The Hall–Kier alpha value is -4.32. The number of rotatable bonds is 16. The summed E-state index contributed by atoms with van der Waals surface area (Å²) in [5.41, 5.74) is 3.66. The molecule has 4 rings (SSSR count). The van der Waals surface area contributed by atoms with Crippen LogP contribution in [0.3, 0.4) is 0 Å². The first kappa shape index (κ1) is 30.6. The fraction of sp³-hybridized carbons (Fsp3) is 0.333. The molecule has 3 aromatic carbocycles. The molecule has 0 atom stereocenters. The van der Waals surface area contributed by atoms with E-state index in [1.54, 1.807) is 30.5 Å². The summed E-state index contributed by atoms with van der Waals surface area (Å²) < 4.78 is 1.95. The van der Waals surface area contributed by atoms with Crippen LogP contribution in [0.4, 0.5) is 0 Å². The second kappa shape index (κ2) is 15.6. The van der Waals surface area contributed by atoms with E-state index in [-0.39, 0.29) is 17.3 Å². The van der Waals surface area contributed by atoms with Crippen molar-refractivity contribution in [1.29, 1.82) is 0 Å². The molecule has 0 amide bonds. The minimum atomic E-state index is -0.556. The average Bonchev–Trinajstić information content (AvgIpc) is 3.41. The number of oxime groups is 1. The molecule has 0 spiro atoms. The summed E-state index contributed by atoms with van der Waals surface area (Å²) in [5.74, 6) is -0.847. The largest absolute Gasteiger partial charge is 0.331 e. The molecule has 6 nitrogen and oxygen atoms in total. The first-order chi connectivity index (χ1) is 20.5. The van der Waals surface area contributed by atoms with Crippen LogP contribution < -0.4 is 0 Å². The first-order valence-corrected chi connectivity index (χ1v) is 15.1. The number of carbonyl (C=O) groups is 3. The Bertz CT molecular complexity index is 1520. The van der Waals surface area contributed by atoms with Crippen molar-refractivity contribution < 1.29 is 19.2 Å². The van der Waals surface area contributed by atoms with Crippen LogP contribution in [0.1, 0.15) is 104 Å². The molecule has 0 unspecified atom stereocenters. The van der Waals surface area contributed by atoms with Gasteiger partial charge < -0.3 is 9.40 Å². The molecule has 0 saturated heterocycles. The number of carbonyl (C=O) groups excluding carboxylic acids is 3. The van der Waals surface area contributed by atoms with Gasteiger partial charge in [0.1, 0.15) is 5.71 Å². The number of para-hydroxylation sites is 1. The van der Waals surface area contributed by atoms with Crippen LogP contribution in [-0.2, 0) is 9.63 Å². The van der Waals surface area contributed by atoms with Gasteiger partial charge in [0, 0.05) is 40.9 Å².